The van der Waals surface area contributed by atoms with Gasteiger partial charge >= 0.3 is 6.03 Å². The van der Waals surface area contributed by atoms with Gasteiger partial charge in [0.05, 0.1) is 5.56 Å². The Morgan fingerprint density at radius 1 is 1.11 bits per heavy atom. The molecule has 1 saturated heterocycles. The third kappa shape index (κ3) is 3.90. The zero-order valence-electron chi connectivity index (χ0n) is 15.4. The molecule has 1 fully saturated rings. The van der Waals surface area contributed by atoms with Crippen LogP contribution in [0.1, 0.15) is 28.8 Å². The summed E-state index contributed by atoms with van der Waals surface area (Å²) in [6, 6.07) is 10.9. The minimum atomic E-state index is -0.479. The van der Waals surface area contributed by atoms with Gasteiger partial charge in [-0.05, 0) is 36.6 Å². The fourth-order valence-electron chi connectivity index (χ4n) is 3.36. The van der Waals surface area contributed by atoms with Gasteiger partial charge in [-0.1, -0.05) is 18.2 Å². The van der Waals surface area contributed by atoms with Crippen molar-refractivity contribution in [1.29, 1.82) is 0 Å². The van der Waals surface area contributed by atoms with Gasteiger partial charge in [0.25, 0.3) is 5.91 Å². The molecule has 8 nitrogen and oxygen atoms in total. The van der Waals surface area contributed by atoms with Crippen molar-refractivity contribution >= 4 is 28.7 Å². The molecule has 4 N–H and O–H groups in total. The number of hydrogen-bond acceptors (Lipinski definition) is 4. The lowest BCUT2D eigenvalue weighted by atomic mass is 10.2. The second-order valence-corrected chi connectivity index (χ2v) is 6.73. The molecule has 2 aromatic heterocycles. The molecule has 3 heterocycles. The first kappa shape index (κ1) is 17.8. The molecule has 0 atom stereocenters. The van der Waals surface area contributed by atoms with Gasteiger partial charge in [-0.25, -0.2) is 15.2 Å². The number of pyridine rings is 1. The maximum atomic E-state index is 12.3. The highest BCUT2D eigenvalue weighted by Gasteiger charge is 2.14. The van der Waals surface area contributed by atoms with Crippen LogP contribution >= 0.6 is 0 Å². The van der Waals surface area contributed by atoms with Crippen LogP contribution in [0.25, 0.3) is 10.9 Å². The number of carbonyl (C=O) groups excluding carboxylic acids is 2. The molecular formula is C20H22N6O2. The Morgan fingerprint density at radius 3 is 2.79 bits per heavy atom. The van der Waals surface area contributed by atoms with Crippen LogP contribution in [0.15, 0.2) is 48.8 Å². The molecule has 1 aromatic carbocycles. The topological polar surface area (TPSA) is 102 Å². The number of carbonyl (C=O) groups is 2. The molecular weight excluding hydrogens is 356 g/mol. The number of amides is 3. The summed E-state index contributed by atoms with van der Waals surface area (Å²) in [4.78, 5) is 34.0. The number of fused-ring (bicyclic) bond motifs is 1. The second kappa shape index (κ2) is 7.99. The smallest absolute Gasteiger partial charge is 0.333 e. The minimum Gasteiger partial charge on any atom is -0.360 e. The number of H-pyrrole nitrogens is 1. The van der Waals surface area contributed by atoms with Crippen molar-refractivity contribution in [2.45, 2.75) is 19.4 Å². The average molecular weight is 378 g/mol. The summed E-state index contributed by atoms with van der Waals surface area (Å²) in [5.41, 5.74) is 7.10. The van der Waals surface area contributed by atoms with E-state index in [0.29, 0.717) is 12.1 Å². The number of aromatic nitrogens is 2. The van der Waals surface area contributed by atoms with Crippen LogP contribution in [0.4, 0.5) is 10.6 Å². The molecule has 0 bridgehead atoms. The van der Waals surface area contributed by atoms with E-state index in [1.807, 2.05) is 36.4 Å². The number of hydrogen-bond donors (Lipinski definition) is 4. The Kier molecular flexibility index (Phi) is 5.09. The molecule has 144 valence electrons. The van der Waals surface area contributed by atoms with Gasteiger partial charge in [0.2, 0.25) is 0 Å². The minimum absolute atomic E-state index is 0.345. The summed E-state index contributed by atoms with van der Waals surface area (Å²) in [6.45, 7) is 2.38. The van der Waals surface area contributed by atoms with Gasteiger partial charge in [0, 0.05) is 42.9 Å². The summed E-state index contributed by atoms with van der Waals surface area (Å²) >= 11 is 0. The molecule has 0 radical (unpaired) electrons. The number of rotatable bonds is 4. The summed E-state index contributed by atoms with van der Waals surface area (Å²) in [7, 11) is 0. The summed E-state index contributed by atoms with van der Waals surface area (Å²) in [6.07, 6.45) is 5.74. The van der Waals surface area contributed by atoms with Crippen LogP contribution in [-0.2, 0) is 6.54 Å². The standard InChI is InChI=1S/C20H22N6O2/c27-19(16-13-22-17-6-2-1-5-15(16)17)24-25-20(28)23-12-14-7-8-21-18(11-14)26-9-3-4-10-26/h1-2,5-8,11,13,22H,3-4,9-10,12H2,(H,24,27)(H2,23,25,28). The average Bonchev–Trinajstić information content (AvgIpc) is 3.40. The fourth-order valence-corrected chi connectivity index (χ4v) is 3.36. The normalized spacial score (nSPS) is 13.5. The molecule has 0 aliphatic carbocycles. The lowest BCUT2D eigenvalue weighted by molar-refractivity contribution is 0.0938. The first-order valence-electron chi connectivity index (χ1n) is 9.31. The number of anilines is 1. The molecule has 0 unspecified atom stereocenters. The van der Waals surface area contributed by atoms with E-state index < -0.39 is 6.03 Å². The number of benzene rings is 1. The first-order valence-corrected chi connectivity index (χ1v) is 9.31. The van der Waals surface area contributed by atoms with Crippen molar-refractivity contribution in [2.75, 3.05) is 18.0 Å². The number of aromatic amines is 1. The zero-order chi connectivity index (χ0) is 19.3. The van der Waals surface area contributed by atoms with E-state index in [1.165, 1.54) is 12.8 Å². The molecule has 1 aliphatic rings. The van der Waals surface area contributed by atoms with Crippen LogP contribution in [-0.4, -0.2) is 35.0 Å². The lowest BCUT2D eigenvalue weighted by Gasteiger charge is -2.17. The molecule has 3 aromatic rings. The van der Waals surface area contributed by atoms with Crippen molar-refractivity contribution in [3.05, 3.63) is 59.9 Å². The predicted molar refractivity (Wildman–Crippen MR) is 107 cm³/mol. The zero-order valence-corrected chi connectivity index (χ0v) is 15.4. The monoisotopic (exact) mass is 378 g/mol. The van der Waals surface area contributed by atoms with E-state index in [0.717, 1.165) is 35.4 Å². The van der Waals surface area contributed by atoms with Gasteiger partial charge < -0.3 is 15.2 Å². The molecule has 8 heteroatoms. The molecule has 0 spiro atoms. The maximum Gasteiger partial charge on any atom is 0.333 e. The number of nitrogens with zero attached hydrogens (tertiary/aromatic N) is 2. The Morgan fingerprint density at radius 2 is 1.93 bits per heavy atom. The van der Waals surface area contributed by atoms with Crippen LogP contribution in [0.3, 0.4) is 0 Å². The van der Waals surface area contributed by atoms with Crippen molar-refractivity contribution < 1.29 is 9.59 Å². The third-order valence-electron chi connectivity index (χ3n) is 4.82. The predicted octanol–water partition coefficient (Wildman–Crippen LogP) is 2.31. The molecule has 3 amide bonds. The van der Waals surface area contributed by atoms with E-state index in [9.17, 15) is 9.59 Å². The SMILES string of the molecule is O=C(NCc1ccnc(N2CCCC2)c1)NNC(=O)c1c[nH]c2ccccc12. The van der Waals surface area contributed by atoms with Crippen molar-refractivity contribution in [3.8, 4) is 0 Å². The first-order chi connectivity index (χ1) is 13.7. The van der Waals surface area contributed by atoms with E-state index in [-0.39, 0.29) is 5.91 Å². The molecule has 4 rings (SSSR count). The Hall–Kier alpha value is -3.55. The highest BCUT2D eigenvalue weighted by Crippen LogP contribution is 2.18. The van der Waals surface area contributed by atoms with Gasteiger partial charge in [-0.3, -0.25) is 10.2 Å². The van der Waals surface area contributed by atoms with Crippen molar-refractivity contribution in [3.63, 3.8) is 0 Å². The number of hydrazine groups is 1. The van der Waals surface area contributed by atoms with Crippen LogP contribution in [0.5, 0.6) is 0 Å². The van der Waals surface area contributed by atoms with Crippen LogP contribution in [0.2, 0.25) is 0 Å². The molecule has 1 aliphatic heterocycles. The van der Waals surface area contributed by atoms with Crippen molar-refractivity contribution in [2.24, 2.45) is 0 Å². The van der Waals surface area contributed by atoms with Crippen LogP contribution < -0.4 is 21.1 Å². The Labute approximate surface area is 162 Å². The highest BCUT2D eigenvalue weighted by molar-refractivity contribution is 6.07. The third-order valence-corrected chi connectivity index (χ3v) is 4.82. The lowest BCUT2D eigenvalue weighted by Crippen LogP contribution is -2.46. The fraction of sp³-hybridized carbons (Fsp3) is 0.250. The highest BCUT2D eigenvalue weighted by atomic mass is 16.2. The Bertz CT molecular complexity index is 993. The van der Waals surface area contributed by atoms with Gasteiger partial charge in [0.15, 0.2) is 0 Å². The molecule has 28 heavy (non-hydrogen) atoms. The number of para-hydroxylation sites is 1. The summed E-state index contributed by atoms with van der Waals surface area (Å²) in [5.74, 6) is 0.553. The molecule has 0 saturated carbocycles. The largest absolute Gasteiger partial charge is 0.360 e. The van der Waals surface area contributed by atoms with E-state index in [4.69, 9.17) is 0 Å². The number of nitrogens with one attached hydrogen (secondary N) is 4. The summed E-state index contributed by atoms with van der Waals surface area (Å²) in [5, 5.41) is 3.54. The van der Waals surface area contributed by atoms with Crippen LogP contribution in [0, 0.1) is 0 Å². The van der Waals surface area contributed by atoms with E-state index in [2.05, 4.69) is 31.0 Å². The van der Waals surface area contributed by atoms with Gasteiger partial charge in [-0.2, -0.15) is 0 Å². The number of urea groups is 1. The van der Waals surface area contributed by atoms with E-state index >= 15 is 0 Å². The van der Waals surface area contributed by atoms with Crippen molar-refractivity contribution in [1.82, 2.24) is 26.1 Å². The quantitative estimate of drug-likeness (QED) is 0.523. The maximum absolute atomic E-state index is 12.3. The Balaban J connectivity index is 1.29. The van der Waals surface area contributed by atoms with E-state index in [1.54, 1.807) is 12.4 Å². The van der Waals surface area contributed by atoms with Gasteiger partial charge in [0.1, 0.15) is 5.82 Å². The summed E-state index contributed by atoms with van der Waals surface area (Å²) < 4.78 is 0. The second-order valence-electron chi connectivity index (χ2n) is 6.73. The van der Waals surface area contributed by atoms with Gasteiger partial charge in [-0.15, -0.1) is 0 Å².